The van der Waals surface area contributed by atoms with Gasteiger partial charge in [0.15, 0.2) is 5.78 Å². The highest BCUT2D eigenvalue weighted by Crippen LogP contribution is 2.66. The molecule has 4 heteroatoms. The van der Waals surface area contributed by atoms with Crippen LogP contribution in [0.1, 0.15) is 72.6 Å². The van der Waals surface area contributed by atoms with Crippen molar-refractivity contribution in [3.63, 3.8) is 0 Å². The Labute approximate surface area is 198 Å². The number of aliphatic carboxylic acids is 1. The number of carboxylic acids is 1. The van der Waals surface area contributed by atoms with Gasteiger partial charge in [0.1, 0.15) is 0 Å². The maximum absolute atomic E-state index is 13.0. The fourth-order valence-electron chi connectivity index (χ4n) is 7.96. The minimum Gasteiger partial charge on any atom is -0.481 e. The number of carbonyl (C=O) groups excluding carboxylic acids is 1. The molecule has 2 fully saturated rings. The third-order valence-corrected chi connectivity index (χ3v) is 10.2. The van der Waals surface area contributed by atoms with Crippen LogP contribution in [0.25, 0.3) is 0 Å². The van der Waals surface area contributed by atoms with Crippen molar-refractivity contribution in [2.75, 3.05) is 0 Å². The van der Waals surface area contributed by atoms with Gasteiger partial charge in [0.05, 0.1) is 11.0 Å². The second-order valence-corrected chi connectivity index (χ2v) is 11.5. The predicted octanol–water partition coefficient (Wildman–Crippen LogP) is 5.88. The summed E-state index contributed by atoms with van der Waals surface area (Å²) in [6, 6.07) is 0. The van der Waals surface area contributed by atoms with Crippen molar-refractivity contribution in [1.29, 1.82) is 0 Å². The fraction of sp³-hybridized carbons (Fsp3) is 0.655. The summed E-state index contributed by atoms with van der Waals surface area (Å²) in [5.41, 5.74) is 0.0959. The molecule has 180 valence electrons. The van der Waals surface area contributed by atoms with E-state index >= 15 is 0 Å². The van der Waals surface area contributed by atoms with Crippen LogP contribution in [0, 0.1) is 40.4 Å². The number of aliphatic hydroxyl groups is 1. The molecule has 8 unspecified atom stereocenters. The molecule has 4 nitrogen and oxygen atoms in total. The minimum absolute atomic E-state index is 0.0396. The number of carbonyl (C=O) groups is 2. The zero-order chi connectivity index (χ0) is 24.2. The van der Waals surface area contributed by atoms with E-state index in [-0.39, 0.29) is 34.9 Å². The molecule has 0 radical (unpaired) electrons. The summed E-state index contributed by atoms with van der Waals surface area (Å²) < 4.78 is 0. The van der Waals surface area contributed by atoms with Gasteiger partial charge in [-0.3, -0.25) is 9.59 Å². The van der Waals surface area contributed by atoms with Gasteiger partial charge in [0.25, 0.3) is 0 Å². The highest BCUT2D eigenvalue weighted by atomic mass is 16.4. The molecule has 0 aromatic rings. The second kappa shape index (κ2) is 8.37. The van der Waals surface area contributed by atoms with E-state index in [0.29, 0.717) is 25.2 Å². The molecule has 2 saturated carbocycles. The van der Waals surface area contributed by atoms with Gasteiger partial charge < -0.3 is 10.2 Å². The lowest BCUT2D eigenvalue weighted by Gasteiger charge is -2.54. The molecule has 0 amide bonds. The van der Waals surface area contributed by atoms with Gasteiger partial charge in [0, 0.05) is 5.41 Å². The smallest absolute Gasteiger partial charge is 0.310 e. The molecule has 4 aliphatic rings. The average Bonchev–Trinajstić information content (AvgIpc) is 3.19. The summed E-state index contributed by atoms with van der Waals surface area (Å²) in [6.07, 6.45) is 15.3. The summed E-state index contributed by atoms with van der Waals surface area (Å²) in [5.74, 6) is 0.416. The molecule has 0 saturated heterocycles. The summed E-state index contributed by atoms with van der Waals surface area (Å²) >= 11 is 0. The van der Waals surface area contributed by atoms with Crippen molar-refractivity contribution in [1.82, 2.24) is 0 Å². The molecule has 0 heterocycles. The first-order chi connectivity index (χ1) is 15.5. The first-order valence-electron chi connectivity index (χ1n) is 12.7. The Bertz CT molecular complexity index is 941. The highest BCUT2D eigenvalue weighted by Gasteiger charge is 2.63. The Kier molecular flexibility index (Phi) is 6.14. The van der Waals surface area contributed by atoms with Gasteiger partial charge in [-0.1, -0.05) is 45.6 Å². The van der Waals surface area contributed by atoms with Crippen LogP contribution in [-0.2, 0) is 9.59 Å². The molecule has 0 aromatic carbocycles. The van der Waals surface area contributed by atoms with E-state index in [1.165, 1.54) is 0 Å². The van der Waals surface area contributed by atoms with E-state index in [2.05, 4.69) is 38.7 Å². The van der Waals surface area contributed by atoms with Crippen LogP contribution in [0.5, 0.6) is 0 Å². The molecule has 0 aromatic heterocycles. The number of hydrogen-bond acceptors (Lipinski definition) is 3. The fourth-order valence-corrected chi connectivity index (χ4v) is 7.96. The van der Waals surface area contributed by atoms with Crippen molar-refractivity contribution in [3.05, 3.63) is 48.1 Å². The Morgan fingerprint density at radius 3 is 2.64 bits per heavy atom. The zero-order valence-corrected chi connectivity index (χ0v) is 20.6. The SMILES string of the molecule is C=C(C)C(O)(CC)CCC(C)C1CCC2C3C=CC4=CC(=O)C=CC4(C)C3CCC12C(=O)O. The molecule has 0 spiro atoms. The molecule has 4 rings (SSSR count). The van der Waals surface area contributed by atoms with Crippen LogP contribution in [0.3, 0.4) is 0 Å². The number of hydrogen-bond donors (Lipinski definition) is 2. The third-order valence-electron chi connectivity index (χ3n) is 10.2. The third kappa shape index (κ3) is 3.60. The summed E-state index contributed by atoms with van der Waals surface area (Å²) in [7, 11) is 0. The lowest BCUT2D eigenvalue weighted by atomic mass is 9.48. The normalized spacial score (nSPS) is 39.7. The van der Waals surface area contributed by atoms with Crippen molar-refractivity contribution >= 4 is 11.8 Å². The van der Waals surface area contributed by atoms with Crippen molar-refractivity contribution in [3.8, 4) is 0 Å². The summed E-state index contributed by atoms with van der Waals surface area (Å²) in [5, 5.41) is 21.6. The number of carboxylic acid groups (broad SMARTS) is 1. The molecule has 0 bridgehead atoms. The van der Waals surface area contributed by atoms with Gasteiger partial charge in [-0.15, -0.1) is 0 Å². The van der Waals surface area contributed by atoms with Gasteiger partial charge in [-0.2, -0.15) is 0 Å². The monoisotopic (exact) mass is 452 g/mol. The van der Waals surface area contributed by atoms with Crippen LogP contribution in [-0.4, -0.2) is 27.6 Å². The molecule has 2 N–H and O–H groups in total. The quantitative estimate of drug-likeness (QED) is 0.473. The summed E-state index contributed by atoms with van der Waals surface area (Å²) in [6.45, 7) is 12.3. The maximum Gasteiger partial charge on any atom is 0.310 e. The van der Waals surface area contributed by atoms with Crippen molar-refractivity contribution in [2.24, 2.45) is 40.4 Å². The highest BCUT2D eigenvalue weighted by molar-refractivity contribution is 6.01. The standard InChI is InChI=1S/C29H40O4/c1-6-28(33,18(2)3)15-11-19(4)23-9-10-25-22-8-7-20-17-21(30)12-14-27(20,5)24(22)13-16-29(23,25)26(31)32/h7-8,12,14,17,19,22-25,33H,2,6,9-11,13,15-16H2,1,3-5H3,(H,31,32). The molecule has 8 atom stereocenters. The van der Waals surface area contributed by atoms with Gasteiger partial charge in [-0.05, 0) is 105 Å². The topological polar surface area (TPSA) is 74.6 Å². The van der Waals surface area contributed by atoms with E-state index in [1.807, 2.05) is 13.8 Å². The van der Waals surface area contributed by atoms with Crippen LogP contribution < -0.4 is 0 Å². The van der Waals surface area contributed by atoms with E-state index in [9.17, 15) is 19.8 Å². The van der Waals surface area contributed by atoms with Crippen molar-refractivity contribution < 1.29 is 19.8 Å². The average molecular weight is 453 g/mol. The van der Waals surface area contributed by atoms with Crippen molar-refractivity contribution in [2.45, 2.75) is 78.2 Å². The predicted molar refractivity (Wildman–Crippen MR) is 130 cm³/mol. The second-order valence-electron chi connectivity index (χ2n) is 11.5. The lowest BCUT2D eigenvalue weighted by Crippen LogP contribution is -2.53. The number of ketones is 1. The van der Waals surface area contributed by atoms with Crippen LogP contribution in [0.2, 0.25) is 0 Å². The van der Waals surface area contributed by atoms with Gasteiger partial charge in [-0.25, -0.2) is 0 Å². The number of fused-ring (bicyclic) bond motifs is 5. The van der Waals surface area contributed by atoms with Crippen LogP contribution >= 0.6 is 0 Å². The molecular formula is C29H40O4. The van der Waals surface area contributed by atoms with Gasteiger partial charge >= 0.3 is 5.97 Å². The Morgan fingerprint density at radius 2 is 2.00 bits per heavy atom. The van der Waals surface area contributed by atoms with Gasteiger partial charge in [0.2, 0.25) is 0 Å². The number of allylic oxidation sites excluding steroid dienone is 6. The molecular weight excluding hydrogens is 412 g/mol. The summed E-state index contributed by atoms with van der Waals surface area (Å²) in [4.78, 5) is 24.9. The molecule has 33 heavy (non-hydrogen) atoms. The van der Waals surface area contributed by atoms with Crippen LogP contribution in [0.4, 0.5) is 0 Å². The molecule has 4 aliphatic carbocycles. The molecule has 0 aliphatic heterocycles. The maximum atomic E-state index is 13.0. The first-order valence-corrected chi connectivity index (χ1v) is 12.7. The Balaban J connectivity index is 1.61. The zero-order valence-electron chi connectivity index (χ0n) is 20.6. The minimum atomic E-state index is -0.867. The Morgan fingerprint density at radius 1 is 1.27 bits per heavy atom. The van der Waals surface area contributed by atoms with E-state index in [0.717, 1.165) is 36.8 Å². The number of rotatable bonds is 7. The Hall–Kier alpha value is -1.94. The van der Waals surface area contributed by atoms with Crippen LogP contribution in [0.15, 0.2) is 48.1 Å². The lowest BCUT2D eigenvalue weighted by molar-refractivity contribution is -0.163. The van der Waals surface area contributed by atoms with E-state index in [4.69, 9.17) is 0 Å². The van der Waals surface area contributed by atoms with E-state index < -0.39 is 17.0 Å². The first kappa shape index (κ1) is 24.2. The van der Waals surface area contributed by atoms with E-state index in [1.54, 1.807) is 12.2 Å². The largest absolute Gasteiger partial charge is 0.481 e.